The highest BCUT2D eigenvalue weighted by molar-refractivity contribution is 6.30. The molecule has 0 saturated carbocycles. The van der Waals surface area contributed by atoms with Crippen LogP contribution < -0.4 is 14.8 Å². The number of hydrogen-bond donors (Lipinski definition) is 1. The molecule has 0 aliphatic heterocycles. The van der Waals surface area contributed by atoms with Gasteiger partial charge in [-0.25, -0.2) is 0 Å². The highest BCUT2D eigenvalue weighted by atomic mass is 35.5. The van der Waals surface area contributed by atoms with E-state index in [0.29, 0.717) is 35.3 Å². The normalized spacial score (nSPS) is 10.8. The lowest BCUT2D eigenvalue weighted by atomic mass is 10.1. The standard InChI is InChI=1S/C25H20ClN3O5/c1-2-33-24-14-18(9-12-23(24)34-16-17-7-10-20(26)11-8-17)13-19(15-27)25(30)28-21-5-3-4-6-22(21)29(31)32/h3-14H,2,16H2,1H3,(H,28,30). The Morgan fingerprint density at radius 2 is 1.85 bits per heavy atom. The Morgan fingerprint density at radius 3 is 2.53 bits per heavy atom. The minimum atomic E-state index is -0.766. The van der Waals surface area contributed by atoms with Crippen LogP contribution in [0.4, 0.5) is 11.4 Å². The quantitative estimate of drug-likeness (QED) is 0.181. The molecule has 172 valence electrons. The Morgan fingerprint density at radius 1 is 1.12 bits per heavy atom. The average molecular weight is 478 g/mol. The number of nitrogens with zero attached hydrogens (tertiary/aromatic N) is 2. The summed E-state index contributed by atoms with van der Waals surface area (Å²) in [6, 6.07) is 19.8. The zero-order valence-electron chi connectivity index (χ0n) is 18.2. The topological polar surface area (TPSA) is 114 Å². The molecule has 34 heavy (non-hydrogen) atoms. The molecule has 0 aliphatic carbocycles. The fourth-order valence-corrected chi connectivity index (χ4v) is 3.11. The Labute approximate surface area is 201 Å². The van der Waals surface area contributed by atoms with Crippen LogP contribution in [0.2, 0.25) is 5.02 Å². The number of amides is 1. The summed E-state index contributed by atoms with van der Waals surface area (Å²) in [6.07, 6.45) is 1.37. The molecule has 0 aliphatic rings. The van der Waals surface area contributed by atoms with Crippen LogP contribution in [0.5, 0.6) is 11.5 Å². The lowest BCUT2D eigenvalue weighted by molar-refractivity contribution is -0.383. The largest absolute Gasteiger partial charge is 0.490 e. The van der Waals surface area contributed by atoms with Crippen molar-refractivity contribution < 1.29 is 19.2 Å². The number of halogens is 1. The predicted octanol–water partition coefficient (Wildman–Crippen LogP) is 5.77. The van der Waals surface area contributed by atoms with E-state index < -0.39 is 10.8 Å². The number of nitrogens with one attached hydrogen (secondary N) is 1. The molecular weight excluding hydrogens is 458 g/mol. The van der Waals surface area contributed by atoms with Crippen molar-refractivity contribution in [1.29, 1.82) is 5.26 Å². The van der Waals surface area contributed by atoms with Gasteiger partial charge in [0.25, 0.3) is 11.6 Å². The number of rotatable bonds is 9. The lowest BCUT2D eigenvalue weighted by Crippen LogP contribution is -2.14. The summed E-state index contributed by atoms with van der Waals surface area (Å²) >= 11 is 5.91. The van der Waals surface area contributed by atoms with E-state index >= 15 is 0 Å². The molecule has 0 saturated heterocycles. The smallest absolute Gasteiger partial charge is 0.292 e. The number of anilines is 1. The highest BCUT2D eigenvalue weighted by Gasteiger charge is 2.17. The molecule has 3 aromatic rings. The molecular formula is C25H20ClN3O5. The summed E-state index contributed by atoms with van der Waals surface area (Å²) in [5, 5.41) is 23.7. The number of nitro groups is 1. The van der Waals surface area contributed by atoms with E-state index in [0.717, 1.165) is 5.56 Å². The Kier molecular flexibility index (Phi) is 8.21. The molecule has 0 unspecified atom stereocenters. The van der Waals surface area contributed by atoms with E-state index in [-0.39, 0.29) is 16.9 Å². The van der Waals surface area contributed by atoms with Crippen LogP contribution in [0.15, 0.2) is 72.3 Å². The van der Waals surface area contributed by atoms with E-state index in [4.69, 9.17) is 21.1 Å². The molecule has 0 atom stereocenters. The number of para-hydroxylation sites is 2. The van der Waals surface area contributed by atoms with Crippen LogP contribution in [0, 0.1) is 21.4 Å². The number of benzene rings is 3. The number of hydrogen-bond acceptors (Lipinski definition) is 6. The lowest BCUT2D eigenvalue weighted by Gasteiger charge is -2.13. The van der Waals surface area contributed by atoms with Gasteiger partial charge in [0.2, 0.25) is 0 Å². The fraction of sp³-hybridized carbons (Fsp3) is 0.120. The number of carbonyl (C=O) groups excluding carboxylic acids is 1. The monoisotopic (exact) mass is 477 g/mol. The first-order chi connectivity index (χ1) is 16.4. The Balaban J connectivity index is 1.80. The number of nitro benzene ring substituents is 1. The highest BCUT2D eigenvalue weighted by Crippen LogP contribution is 2.30. The maximum atomic E-state index is 12.6. The van der Waals surface area contributed by atoms with Crippen LogP contribution >= 0.6 is 11.6 Å². The van der Waals surface area contributed by atoms with Crippen LogP contribution in [-0.2, 0) is 11.4 Å². The van der Waals surface area contributed by atoms with Gasteiger partial charge in [0, 0.05) is 11.1 Å². The average Bonchev–Trinajstić information content (AvgIpc) is 2.83. The van der Waals surface area contributed by atoms with E-state index in [1.807, 2.05) is 25.1 Å². The van der Waals surface area contributed by atoms with E-state index in [2.05, 4.69) is 5.32 Å². The Hall–Kier alpha value is -4.35. The minimum absolute atomic E-state index is 0.000368. The maximum absolute atomic E-state index is 12.6. The fourth-order valence-electron chi connectivity index (χ4n) is 2.99. The second-order valence-corrected chi connectivity index (χ2v) is 7.39. The second kappa shape index (κ2) is 11.5. The molecule has 3 aromatic carbocycles. The van der Waals surface area contributed by atoms with Gasteiger partial charge in [-0.15, -0.1) is 0 Å². The maximum Gasteiger partial charge on any atom is 0.292 e. The van der Waals surface area contributed by atoms with Crippen molar-refractivity contribution in [3.8, 4) is 17.6 Å². The van der Waals surface area contributed by atoms with E-state index in [9.17, 15) is 20.2 Å². The van der Waals surface area contributed by atoms with Gasteiger partial charge in [0.15, 0.2) is 11.5 Å². The van der Waals surface area contributed by atoms with Gasteiger partial charge in [0.1, 0.15) is 23.9 Å². The molecule has 0 aromatic heterocycles. The molecule has 0 spiro atoms. The number of carbonyl (C=O) groups is 1. The molecule has 0 bridgehead atoms. The van der Waals surface area contributed by atoms with Crippen molar-refractivity contribution in [2.24, 2.45) is 0 Å². The summed E-state index contributed by atoms with van der Waals surface area (Å²) in [7, 11) is 0. The van der Waals surface area contributed by atoms with E-state index in [1.54, 1.807) is 36.4 Å². The van der Waals surface area contributed by atoms with Crippen molar-refractivity contribution in [1.82, 2.24) is 0 Å². The number of nitriles is 1. The summed E-state index contributed by atoms with van der Waals surface area (Å²) < 4.78 is 11.5. The van der Waals surface area contributed by atoms with Gasteiger partial charge in [-0.3, -0.25) is 14.9 Å². The van der Waals surface area contributed by atoms with Crippen LogP contribution in [0.3, 0.4) is 0 Å². The summed E-state index contributed by atoms with van der Waals surface area (Å²) in [6.45, 7) is 2.51. The van der Waals surface area contributed by atoms with Gasteiger partial charge in [-0.2, -0.15) is 5.26 Å². The molecule has 1 N–H and O–H groups in total. The van der Waals surface area contributed by atoms with Crippen molar-refractivity contribution in [3.63, 3.8) is 0 Å². The van der Waals surface area contributed by atoms with Crippen molar-refractivity contribution >= 4 is 35.0 Å². The second-order valence-electron chi connectivity index (χ2n) is 6.95. The van der Waals surface area contributed by atoms with Gasteiger partial charge in [-0.05, 0) is 54.5 Å². The third-order valence-electron chi connectivity index (χ3n) is 4.60. The number of ether oxygens (including phenoxy) is 2. The molecule has 0 fully saturated rings. The van der Waals surface area contributed by atoms with Gasteiger partial charge in [0.05, 0.1) is 11.5 Å². The molecule has 3 rings (SSSR count). The zero-order valence-corrected chi connectivity index (χ0v) is 18.9. The van der Waals surface area contributed by atoms with Gasteiger partial charge >= 0.3 is 0 Å². The van der Waals surface area contributed by atoms with Crippen molar-refractivity contribution in [2.75, 3.05) is 11.9 Å². The molecule has 9 heteroatoms. The summed E-state index contributed by atoms with van der Waals surface area (Å²) in [5.41, 5.74) is 0.954. The van der Waals surface area contributed by atoms with Crippen molar-refractivity contribution in [2.45, 2.75) is 13.5 Å². The third kappa shape index (κ3) is 6.34. The van der Waals surface area contributed by atoms with Gasteiger partial charge in [-0.1, -0.05) is 41.9 Å². The molecule has 0 heterocycles. The van der Waals surface area contributed by atoms with Crippen LogP contribution in [-0.4, -0.2) is 17.4 Å². The summed E-state index contributed by atoms with van der Waals surface area (Å²) in [5.74, 6) is 0.177. The van der Waals surface area contributed by atoms with Gasteiger partial charge < -0.3 is 14.8 Å². The SMILES string of the molecule is CCOc1cc(C=C(C#N)C(=O)Nc2ccccc2[N+](=O)[O-])ccc1OCc1ccc(Cl)cc1. The predicted molar refractivity (Wildman–Crippen MR) is 129 cm³/mol. The first kappa shape index (κ1) is 24.3. The molecule has 8 nitrogen and oxygen atoms in total. The first-order valence-corrected chi connectivity index (χ1v) is 10.6. The summed E-state index contributed by atoms with van der Waals surface area (Å²) in [4.78, 5) is 23.2. The van der Waals surface area contributed by atoms with E-state index in [1.165, 1.54) is 24.3 Å². The zero-order chi connectivity index (χ0) is 24.5. The van der Waals surface area contributed by atoms with Crippen LogP contribution in [0.1, 0.15) is 18.1 Å². The van der Waals surface area contributed by atoms with Crippen molar-refractivity contribution in [3.05, 3.63) is 98.6 Å². The molecule has 1 amide bonds. The third-order valence-corrected chi connectivity index (χ3v) is 4.85. The molecule has 0 radical (unpaired) electrons. The minimum Gasteiger partial charge on any atom is -0.490 e. The first-order valence-electron chi connectivity index (χ1n) is 10.2. The van der Waals surface area contributed by atoms with Crippen LogP contribution in [0.25, 0.3) is 6.08 Å². The Bertz CT molecular complexity index is 1270.